The van der Waals surface area contributed by atoms with Crippen LogP contribution in [0, 0.1) is 0 Å². The predicted octanol–water partition coefficient (Wildman–Crippen LogP) is 11.5. The molecular formula is C47H35N3. The number of aromatic nitrogens is 2. The maximum absolute atomic E-state index is 7.68. The van der Waals surface area contributed by atoms with E-state index in [1.54, 1.807) is 0 Å². The maximum Gasteiger partial charge on any atom is 0.139 e. The fraction of sp³-hybridized carbons (Fsp3) is 0.0213. The van der Waals surface area contributed by atoms with Crippen LogP contribution in [0.15, 0.2) is 195 Å². The molecule has 1 unspecified atom stereocenters. The van der Waals surface area contributed by atoms with E-state index in [1.165, 1.54) is 27.4 Å². The lowest BCUT2D eigenvalue weighted by molar-refractivity contribution is 0.499. The molecule has 0 spiro atoms. The van der Waals surface area contributed by atoms with Crippen molar-refractivity contribution in [2.24, 2.45) is 5.73 Å². The van der Waals surface area contributed by atoms with Crippen LogP contribution < -0.4 is 5.73 Å². The number of benzene rings is 7. The molecule has 0 radical (unpaired) electrons. The van der Waals surface area contributed by atoms with Crippen molar-refractivity contribution in [3.8, 4) is 16.8 Å². The molecule has 50 heavy (non-hydrogen) atoms. The molecule has 0 aliphatic heterocycles. The van der Waals surface area contributed by atoms with E-state index in [0.717, 1.165) is 49.8 Å². The molecule has 3 heteroatoms. The first-order chi connectivity index (χ1) is 24.6. The van der Waals surface area contributed by atoms with Crippen LogP contribution in [0.3, 0.4) is 0 Å². The van der Waals surface area contributed by atoms with Gasteiger partial charge in [-0.15, -0.1) is 0 Å². The van der Waals surface area contributed by atoms with Gasteiger partial charge in [-0.25, -0.2) is 0 Å². The van der Waals surface area contributed by atoms with E-state index in [9.17, 15) is 0 Å². The van der Waals surface area contributed by atoms with Crippen LogP contribution in [-0.4, -0.2) is 9.13 Å². The number of nitrogens with two attached hydrogens (primary N) is 1. The molecule has 0 saturated heterocycles. The predicted molar refractivity (Wildman–Crippen MR) is 212 cm³/mol. The monoisotopic (exact) mass is 641 g/mol. The zero-order valence-corrected chi connectivity index (χ0v) is 27.6. The van der Waals surface area contributed by atoms with Gasteiger partial charge in [0.15, 0.2) is 0 Å². The fourth-order valence-electron chi connectivity index (χ4n) is 7.67. The first-order valence-corrected chi connectivity index (χ1v) is 17.0. The lowest BCUT2D eigenvalue weighted by Crippen LogP contribution is -2.42. The molecule has 2 N–H and O–H groups in total. The second-order valence-corrected chi connectivity index (χ2v) is 12.9. The van der Waals surface area contributed by atoms with Crippen molar-refractivity contribution in [1.82, 2.24) is 9.13 Å². The van der Waals surface area contributed by atoms with Crippen LogP contribution in [0.5, 0.6) is 0 Å². The molecule has 2 aromatic heterocycles. The third-order valence-electron chi connectivity index (χ3n) is 10.0. The van der Waals surface area contributed by atoms with Crippen molar-refractivity contribution in [3.63, 3.8) is 0 Å². The van der Waals surface area contributed by atoms with E-state index >= 15 is 0 Å². The molecule has 1 atom stereocenters. The first kappa shape index (κ1) is 29.7. The third kappa shape index (κ3) is 4.71. The van der Waals surface area contributed by atoms with Crippen molar-refractivity contribution in [2.45, 2.75) is 5.66 Å². The minimum Gasteiger partial charge on any atom is -0.314 e. The highest BCUT2D eigenvalue weighted by atomic mass is 15.2. The average Bonchev–Trinajstić information content (AvgIpc) is 3.70. The number of hydrogen-bond acceptors (Lipinski definition) is 1. The van der Waals surface area contributed by atoms with E-state index in [-0.39, 0.29) is 0 Å². The number of hydrogen-bond donors (Lipinski definition) is 1. The summed E-state index contributed by atoms with van der Waals surface area (Å²) in [4.78, 5) is 0. The summed E-state index contributed by atoms with van der Waals surface area (Å²) in [7, 11) is 0. The molecule has 0 amide bonds. The molecule has 2 heterocycles. The molecule has 0 saturated carbocycles. The quantitative estimate of drug-likeness (QED) is 0.173. The van der Waals surface area contributed by atoms with Crippen molar-refractivity contribution < 1.29 is 0 Å². The molecule has 9 rings (SSSR count). The Morgan fingerprint density at radius 2 is 0.980 bits per heavy atom. The number of nitrogens with zero attached hydrogens (tertiary/aromatic N) is 2. The Hall–Kier alpha value is -6.42. The van der Waals surface area contributed by atoms with E-state index in [4.69, 9.17) is 5.73 Å². The Balaban J connectivity index is 1.27. The first-order valence-electron chi connectivity index (χ1n) is 17.0. The van der Waals surface area contributed by atoms with Gasteiger partial charge in [0, 0.05) is 27.2 Å². The van der Waals surface area contributed by atoms with Crippen molar-refractivity contribution >= 4 is 49.2 Å². The molecule has 0 aliphatic carbocycles. The molecule has 7 aromatic carbocycles. The van der Waals surface area contributed by atoms with Gasteiger partial charge in [-0.1, -0.05) is 140 Å². The highest BCUT2D eigenvalue weighted by Gasteiger charge is 2.31. The lowest BCUT2D eigenvalue weighted by atomic mass is 9.93. The van der Waals surface area contributed by atoms with Crippen LogP contribution in [-0.2, 0) is 5.66 Å². The third-order valence-corrected chi connectivity index (χ3v) is 10.0. The van der Waals surface area contributed by atoms with Gasteiger partial charge in [-0.05, 0) is 82.4 Å². The summed E-state index contributed by atoms with van der Waals surface area (Å²) in [6.07, 6.45) is 4.05. The largest absolute Gasteiger partial charge is 0.314 e. The van der Waals surface area contributed by atoms with Crippen LogP contribution >= 0.6 is 0 Å². The topological polar surface area (TPSA) is 35.9 Å². The Kier molecular flexibility index (Phi) is 7.08. The van der Waals surface area contributed by atoms with Gasteiger partial charge < -0.3 is 14.9 Å². The molecule has 238 valence electrons. The van der Waals surface area contributed by atoms with Gasteiger partial charge in [0.25, 0.3) is 0 Å². The molecule has 3 nitrogen and oxygen atoms in total. The van der Waals surface area contributed by atoms with Crippen molar-refractivity contribution in [3.05, 3.63) is 206 Å². The molecule has 0 bridgehead atoms. The van der Waals surface area contributed by atoms with Gasteiger partial charge in [0.05, 0.1) is 22.1 Å². The summed E-state index contributed by atoms with van der Waals surface area (Å²) < 4.78 is 4.65. The van der Waals surface area contributed by atoms with Crippen LogP contribution in [0.4, 0.5) is 0 Å². The minimum atomic E-state index is -1.01. The molecule has 9 aromatic rings. The van der Waals surface area contributed by atoms with E-state index < -0.39 is 5.66 Å². The Bertz CT molecular complexity index is 2720. The standard InChI is InChI=1S/C47H35N3/c1-2-33(34-16-6-3-7-17-34)32-47(48,37-18-8-4-9-19-37)50-45-25-15-13-23-40(45)42-31-36(27-29-46(42)50)35-26-28-44-41(30-35)39-22-12-14-24-43(39)49(44)38-20-10-5-11-21-38/h2-32H,1,48H2/b33-32+. The van der Waals surface area contributed by atoms with Crippen molar-refractivity contribution in [2.75, 3.05) is 0 Å². The van der Waals surface area contributed by atoms with Crippen molar-refractivity contribution in [1.29, 1.82) is 0 Å². The Labute approximate surface area is 291 Å². The van der Waals surface area contributed by atoms with Gasteiger partial charge in [0.1, 0.15) is 5.66 Å². The summed E-state index contributed by atoms with van der Waals surface area (Å²) in [5, 5.41) is 4.79. The Morgan fingerprint density at radius 1 is 0.500 bits per heavy atom. The van der Waals surface area contributed by atoms with Gasteiger partial charge in [0.2, 0.25) is 0 Å². The minimum absolute atomic E-state index is 0.975. The number of rotatable bonds is 7. The molecule has 0 aliphatic rings. The van der Waals surface area contributed by atoms with Gasteiger partial charge >= 0.3 is 0 Å². The maximum atomic E-state index is 7.68. The summed E-state index contributed by atoms with van der Waals surface area (Å²) >= 11 is 0. The summed E-state index contributed by atoms with van der Waals surface area (Å²) in [5.41, 5.74) is 17.7. The SMILES string of the molecule is C=C/C(=C\C(N)(c1ccccc1)n1c2ccccc2c2cc(-c3ccc4c(c3)c3ccccc3n4-c3ccccc3)ccc21)c1ccccc1. The number of allylic oxidation sites excluding steroid dienone is 2. The fourth-order valence-corrected chi connectivity index (χ4v) is 7.67. The highest BCUT2D eigenvalue weighted by Crippen LogP contribution is 2.40. The van der Waals surface area contributed by atoms with E-state index in [2.05, 4.69) is 173 Å². The van der Waals surface area contributed by atoms with E-state index in [1.807, 2.05) is 30.3 Å². The zero-order valence-electron chi connectivity index (χ0n) is 27.6. The van der Waals surface area contributed by atoms with Gasteiger partial charge in [-0.3, -0.25) is 0 Å². The van der Waals surface area contributed by atoms with Crippen LogP contribution in [0.25, 0.3) is 66.0 Å². The van der Waals surface area contributed by atoms with Gasteiger partial charge in [-0.2, -0.15) is 0 Å². The summed E-state index contributed by atoms with van der Waals surface area (Å²) in [6, 6.07) is 62.2. The molecule has 0 fully saturated rings. The number of fused-ring (bicyclic) bond motifs is 6. The smallest absolute Gasteiger partial charge is 0.139 e. The summed E-state index contributed by atoms with van der Waals surface area (Å²) in [5.74, 6) is 0. The van der Waals surface area contributed by atoms with Crippen LogP contribution in [0.1, 0.15) is 11.1 Å². The Morgan fingerprint density at radius 3 is 1.64 bits per heavy atom. The normalized spacial score (nSPS) is 13.3. The molecular weight excluding hydrogens is 607 g/mol. The highest BCUT2D eigenvalue weighted by molar-refractivity contribution is 6.12. The summed E-state index contributed by atoms with van der Waals surface area (Å²) in [6.45, 7) is 4.19. The average molecular weight is 642 g/mol. The van der Waals surface area contributed by atoms with E-state index in [0.29, 0.717) is 0 Å². The lowest BCUT2D eigenvalue weighted by Gasteiger charge is -2.32. The second kappa shape index (κ2) is 11.9. The zero-order chi connectivity index (χ0) is 33.7. The second-order valence-electron chi connectivity index (χ2n) is 12.9. The van der Waals surface area contributed by atoms with Crippen LogP contribution in [0.2, 0.25) is 0 Å². The number of para-hydroxylation sites is 3.